The molecule has 7 heteroatoms. The van der Waals surface area contributed by atoms with Crippen molar-refractivity contribution in [3.05, 3.63) is 28.8 Å². The van der Waals surface area contributed by atoms with Gasteiger partial charge < -0.3 is 10.4 Å². The van der Waals surface area contributed by atoms with E-state index in [1.807, 2.05) is 0 Å². The van der Waals surface area contributed by atoms with E-state index in [0.29, 0.717) is 31.1 Å². The number of rotatable bonds is 7. The largest absolute Gasteiger partial charge is 0.506 e. The Balaban J connectivity index is 2.24. The van der Waals surface area contributed by atoms with Gasteiger partial charge in [0.25, 0.3) is 0 Å². The molecule has 0 bridgehead atoms. The van der Waals surface area contributed by atoms with E-state index in [-0.39, 0.29) is 5.75 Å². The third kappa shape index (κ3) is 5.68. The predicted molar refractivity (Wildman–Crippen MR) is 72.3 cm³/mol. The van der Waals surface area contributed by atoms with Crippen LogP contribution in [-0.4, -0.2) is 32.9 Å². The molecule has 0 atom stereocenters. The smallest absolute Gasteiger partial charge is 0.208 e. The summed E-state index contributed by atoms with van der Waals surface area (Å²) in [5, 5.41) is 13.1. The van der Waals surface area contributed by atoms with Gasteiger partial charge in [0.2, 0.25) is 10.0 Å². The van der Waals surface area contributed by atoms with E-state index in [9.17, 15) is 13.5 Å². The summed E-state index contributed by atoms with van der Waals surface area (Å²) in [4.78, 5) is 0. The van der Waals surface area contributed by atoms with Gasteiger partial charge in [0, 0.05) is 18.7 Å². The summed E-state index contributed by atoms with van der Waals surface area (Å²) in [7, 11) is -3.11. The number of sulfonamides is 1. The van der Waals surface area contributed by atoms with Crippen molar-refractivity contribution in [3.63, 3.8) is 0 Å². The Morgan fingerprint density at radius 3 is 2.72 bits per heavy atom. The molecular formula is C11H17ClN2O3S. The topological polar surface area (TPSA) is 78.4 Å². The molecule has 0 radical (unpaired) electrons. The fraction of sp³-hybridized carbons (Fsp3) is 0.455. The van der Waals surface area contributed by atoms with Crippen LogP contribution in [0.25, 0.3) is 0 Å². The SMILES string of the molecule is CS(=O)(=O)NCCCNCc1cccc(Cl)c1O. The second-order valence-corrected chi connectivity index (χ2v) is 6.18. The molecule has 1 aromatic carbocycles. The zero-order valence-corrected chi connectivity index (χ0v) is 11.7. The Morgan fingerprint density at radius 1 is 1.33 bits per heavy atom. The molecule has 0 aromatic heterocycles. The minimum absolute atomic E-state index is 0.0842. The molecule has 0 saturated carbocycles. The Kier molecular flexibility index (Phi) is 5.87. The number of benzene rings is 1. The van der Waals surface area contributed by atoms with Gasteiger partial charge >= 0.3 is 0 Å². The van der Waals surface area contributed by atoms with Crippen LogP contribution in [0.4, 0.5) is 0 Å². The van der Waals surface area contributed by atoms with Crippen molar-refractivity contribution in [1.29, 1.82) is 0 Å². The summed E-state index contributed by atoms with van der Waals surface area (Å²) in [6.45, 7) is 1.53. The van der Waals surface area contributed by atoms with Crippen LogP contribution >= 0.6 is 11.6 Å². The number of phenols is 1. The highest BCUT2D eigenvalue weighted by atomic mass is 35.5. The fourth-order valence-corrected chi connectivity index (χ4v) is 2.11. The molecule has 0 amide bonds. The third-order valence-corrected chi connectivity index (χ3v) is 3.31. The maximum Gasteiger partial charge on any atom is 0.208 e. The van der Waals surface area contributed by atoms with Crippen molar-refractivity contribution >= 4 is 21.6 Å². The van der Waals surface area contributed by atoms with Crippen molar-refractivity contribution in [1.82, 2.24) is 10.0 Å². The van der Waals surface area contributed by atoms with E-state index < -0.39 is 10.0 Å². The first kappa shape index (κ1) is 15.2. The molecule has 0 heterocycles. The summed E-state index contributed by atoms with van der Waals surface area (Å²) in [5.41, 5.74) is 0.721. The molecule has 18 heavy (non-hydrogen) atoms. The lowest BCUT2D eigenvalue weighted by molar-refractivity contribution is 0.464. The van der Waals surface area contributed by atoms with Crippen molar-refractivity contribution in [3.8, 4) is 5.75 Å². The Bertz CT molecular complexity index is 491. The fourth-order valence-electron chi connectivity index (χ4n) is 1.40. The second-order valence-electron chi connectivity index (χ2n) is 3.94. The molecule has 0 aliphatic rings. The Hall–Kier alpha value is -0.820. The van der Waals surface area contributed by atoms with Gasteiger partial charge in [0.1, 0.15) is 5.75 Å². The van der Waals surface area contributed by atoms with Gasteiger partial charge in [0.15, 0.2) is 0 Å². The predicted octanol–water partition coefficient (Wildman–Crippen LogP) is 1.07. The first-order chi connectivity index (χ1) is 8.40. The van der Waals surface area contributed by atoms with Gasteiger partial charge in [0.05, 0.1) is 11.3 Å². The zero-order valence-electron chi connectivity index (χ0n) is 10.1. The van der Waals surface area contributed by atoms with Gasteiger partial charge in [-0.25, -0.2) is 13.1 Å². The summed E-state index contributed by atoms with van der Waals surface area (Å²) in [5.74, 6) is 0.0842. The van der Waals surface area contributed by atoms with Crippen molar-refractivity contribution < 1.29 is 13.5 Å². The quantitative estimate of drug-likeness (QED) is 0.657. The number of halogens is 1. The lowest BCUT2D eigenvalue weighted by atomic mass is 10.2. The van der Waals surface area contributed by atoms with Gasteiger partial charge in [-0.05, 0) is 19.0 Å². The summed E-state index contributed by atoms with van der Waals surface area (Å²) in [6.07, 6.45) is 1.80. The molecule has 0 spiro atoms. The van der Waals surface area contributed by atoms with Crippen molar-refractivity contribution in [2.24, 2.45) is 0 Å². The number of aromatic hydroxyl groups is 1. The van der Waals surface area contributed by atoms with Gasteiger partial charge in [-0.2, -0.15) is 0 Å². The molecule has 102 valence electrons. The van der Waals surface area contributed by atoms with Crippen LogP contribution in [0, 0.1) is 0 Å². The van der Waals surface area contributed by atoms with E-state index in [4.69, 9.17) is 11.6 Å². The first-order valence-corrected chi connectivity index (χ1v) is 7.79. The molecule has 5 nitrogen and oxygen atoms in total. The monoisotopic (exact) mass is 292 g/mol. The van der Waals surface area contributed by atoms with Crippen LogP contribution in [0.1, 0.15) is 12.0 Å². The molecule has 0 fully saturated rings. The van der Waals surface area contributed by atoms with E-state index >= 15 is 0 Å². The van der Waals surface area contributed by atoms with Crippen LogP contribution in [0.2, 0.25) is 5.02 Å². The van der Waals surface area contributed by atoms with E-state index in [0.717, 1.165) is 11.8 Å². The standard InChI is InChI=1S/C11H17ClN2O3S/c1-18(16,17)14-7-3-6-13-8-9-4-2-5-10(12)11(9)15/h2,4-5,13-15H,3,6-8H2,1H3. The molecule has 0 aliphatic carbocycles. The minimum atomic E-state index is -3.11. The summed E-state index contributed by atoms with van der Waals surface area (Å²) in [6, 6.07) is 5.17. The van der Waals surface area contributed by atoms with Crippen LogP contribution in [-0.2, 0) is 16.6 Å². The van der Waals surface area contributed by atoms with Crippen LogP contribution < -0.4 is 10.0 Å². The molecule has 1 aromatic rings. The number of nitrogens with one attached hydrogen (secondary N) is 2. The van der Waals surface area contributed by atoms with Gasteiger partial charge in [-0.1, -0.05) is 23.7 Å². The van der Waals surface area contributed by atoms with Crippen molar-refractivity contribution in [2.45, 2.75) is 13.0 Å². The van der Waals surface area contributed by atoms with Crippen molar-refractivity contribution in [2.75, 3.05) is 19.3 Å². The average Bonchev–Trinajstić information content (AvgIpc) is 2.27. The van der Waals surface area contributed by atoms with Crippen LogP contribution in [0.3, 0.4) is 0 Å². The molecule has 0 aliphatic heterocycles. The maximum absolute atomic E-state index is 10.8. The number of hydrogen-bond donors (Lipinski definition) is 3. The highest BCUT2D eigenvalue weighted by Crippen LogP contribution is 2.26. The minimum Gasteiger partial charge on any atom is -0.506 e. The second kappa shape index (κ2) is 6.94. The first-order valence-electron chi connectivity index (χ1n) is 5.52. The molecule has 3 N–H and O–H groups in total. The number of hydrogen-bond acceptors (Lipinski definition) is 4. The molecule has 0 unspecified atom stereocenters. The zero-order chi connectivity index (χ0) is 13.6. The van der Waals surface area contributed by atoms with E-state index in [1.165, 1.54) is 0 Å². The molecule has 0 saturated heterocycles. The average molecular weight is 293 g/mol. The van der Waals surface area contributed by atoms with Gasteiger partial charge in [-0.3, -0.25) is 0 Å². The summed E-state index contributed by atoms with van der Waals surface area (Å²) >= 11 is 5.77. The van der Waals surface area contributed by atoms with E-state index in [2.05, 4.69) is 10.0 Å². The normalized spacial score (nSPS) is 11.7. The van der Waals surface area contributed by atoms with Gasteiger partial charge in [-0.15, -0.1) is 0 Å². The van der Waals surface area contributed by atoms with E-state index in [1.54, 1.807) is 18.2 Å². The number of para-hydroxylation sites is 1. The molecular weight excluding hydrogens is 276 g/mol. The third-order valence-electron chi connectivity index (χ3n) is 2.28. The Labute approximate surface area is 112 Å². The maximum atomic E-state index is 10.8. The highest BCUT2D eigenvalue weighted by Gasteiger charge is 2.04. The molecule has 1 rings (SSSR count). The Morgan fingerprint density at radius 2 is 2.06 bits per heavy atom. The lowest BCUT2D eigenvalue weighted by Gasteiger charge is -2.08. The summed E-state index contributed by atoms with van der Waals surface area (Å²) < 4.78 is 24.0. The van der Waals surface area contributed by atoms with Crippen LogP contribution in [0.15, 0.2) is 18.2 Å². The lowest BCUT2D eigenvalue weighted by Crippen LogP contribution is -2.26. The van der Waals surface area contributed by atoms with Crippen LogP contribution in [0.5, 0.6) is 5.75 Å². The number of phenolic OH excluding ortho intramolecular Hbond substituents is 1. The highest BCUT2D eigenvalue weighted by molar-refractivity contribution is 7.88.